The van der Waals surface area contributed by atoms with Gasteiger partial charge < -0.3 is 9.84 Å². The lowest BCUT2D eigenvalue weighted by molar-refractivity contribution is -0.144. The van der Waals surface area contributed by atoms with E-state index in [4.69, 9.17) is 9.84 Å². The van der Waals surface area contributed by atoms with Crippen LogP contribution >= 0.6 is 0 Å². The average molecular weight is 182 g/mol. The van der Waals surface area contributed by atoms with Crippen LogP contribution in [0.4, 0.5) is 0 Å². The van der Waals surface area contributed by atoms with Gasteiger partial charge in [-0.1, -0.05) is 0 Å². The Balaban J connectivity index is 2.37. The summed E-state index contributed by atoms with van der Waals surface area (Å²) in [5, 5.41) is 8.76. The van der Waals surface area contributed by atoms with Crippen LogP contribution in [-0.4, -0.2) is 23.1 Å². The van der Waals surface area contributed by atoms with Gasteiger partial charge in [-0.25, -0.2) is 9.59 Å². The predicted molar refractivity (Wildman–Crippen MR) is 43.0 cm³/mol. The molecule has 0 spiro atoms. The predicted octanol–water partition coefficient (Wildman–Crippen LogP) is 0.867. The molecule has 1 aliphatic heterocycles. The molecule has 0 aromatic carbocycles. The number of rotatable bonds is 1. The van der Waals surface area contributed by atoms with Crippen molar-refractivity contribution in [1.29, 1.82) is 0 Å². The van der Waals surface area contributed by atoms with Gasteiger partial charge in [0.15, 0.2) is 0 Å². The van der Waals surface area contributed by atoms with Gasteiger partial charge >= 0.3 is 11.9 Å². The molecule has 4 heteroatoms. The van der Waals surface area contributed by atoms with Crippen LogP contribution in [0.1, 0.15) is 25.7 Å². The molecule has 1 N–H and O–H groups in total. The third-order valence-corrected chi connectivity index (χ3v) is 2.54. The Bertz CT molecular complexity index is 303. The summed E-state index contributed by atoms with van der Waals surface area (Å²) in [5.74, 6) is -1.81. The van der Waals surface area contributed by atoms with Crippen molar-refractivity contribution in [3.05, 3.63) is 11.1 Å². The van der Waals surface area contributed by atoms with Crippen molar-refractivity contribution >= 4 is 11.9 Å². The number of carbonyl (C=O) groups is 2. The maximum atomic E-state index is 11.1. The third-order valence-electron chi connectivity index (χ3n) is 2.54. The molecular weight excluding hydrogens is 172 g/mol. The summed E-state index contributed by atoms with van der Waals surface area (Å²) >= 11 is 0. The number of aliphatic carboxylic acids is 1. The number of carboxylic acids is 1. The van der Waals surface area contributed by atoms with E-state index in [1.54, 1.807) is 0 Å². The molecule has 1 saturated carbocycles. The molecule has 0 radical (unpaired) electrons. The largest absolute Gasteiger partial charge is 0.477 e. The molecule has 4 nitrogen and oxygen atoms in total. The van der Waals surface area contributed by atoms with Gasteiger partial charge in [-0.05, 0) is 31.3 Å². The van der Waals surface area contributed by atoms with Crippen molar-refractivity contribution in [3.63, 3.8) is 0 Å². The molecule has 1 unspecified atom stereocenters. The summed E-state index contributed by atoms with van der Waals surface area (Å²) in [6.07, 6.45) is 3.19. The maximum Gasteiger partial charge on any atom is 0.346 e. The summed E-state index contributed by atoms with van der Waals surface area (Å²) in [6, 6.07) is 0. The number of hydrogen-bond donors (Lipinski definition) is 1. The molecule has 13 heavy (non-hydrogen) atoms. The average Bonchev–Trinajstić information content (AvgIpc) is 2.39. The molecule has 2 aliphatic rings. The molecule has 0 saturated heterocycles. The molecule has 1 atom stereocenters. The Hall–Kier alpha value is -1.32. The highest BCUT2D eigenvalue weighted by atomic mass is 16.6. The van der Waals surface area contributed by atoms with Gasteiger partial charge in [0.25, 0.3) is 0 Å². The smallest absolute Gasteiger partial charge is 0.346 e. The Morgan fingerprint density at radius 1 is 1.46 bits per heavy atom. The van der Waals surface area contributed by atoms with E-state index in [1.165, 1.54) is 0 Å². The first-order valence-electron chi connectivity index (χ1n) is 4.37. The molecule has 70 valence electrons. The van der Waals surface area contributed by atoms with Gasteiger partial charge in [0.2, 0.25) is 0 Å². The lowest BCUT2D eigenvalue weighted by Crippen LogP contribution is -2.15. The van der Waals surface area contributed by atoms with Gasteiger partial charge in [-0.3, -0.25) is 0 Å². The molecular formula is C9H10O4. The maximum absolute atomic E-state index is 11.1. The summed E-state index contributed by atoms with van der Waals surface area (Å²) < 4.78 is 4.95. The molecule has 1 aliphatic carbocycles. The molecule has 1 fully saturated rings. The van der Waals surface area contributed by atoms with E-state index in [-0.39, 0.29) is 11.7 Å². The first-order chi connectivity index (χ1) is 6.20. The van der Waals surface area contributed by atoms with E-state index in [0.29, 0.717) is 12.0 Å². The normalized spacial score (nSPS) is 27.1. The van der Waals surface area contributed by atoms with E-state index in [0.717, 1.165) is 19.3 Å². The minimum Gasteiger partial charge on any atom is -0.477 e. The van der Waals surface area contributed by atoms with Crippen molar-refractivity contribution < 1.29 is 19.4 Å². The highest BCUT2D eigenvalue weighted by Crippen LogP contribution is 2.34. The highest BCUT2D eigenvalue weighted by molar-refractivity contribution is 6.15. The molecule has 2 rings (SSSR count). The van der Waals surface area contributed by atoms with E-state index in [1.807, 2.05) is 0 Å². The number of fused-ring (bicyclic) bond motifs is 1. The summed E-state index contributed by atoms with van der Waals surface area (Å²) in [6.45, 7) is 0. The van der Waals surface area contributed by atoms with Crippen LogP contribution in [0, 0.1) is 0 Å². The van der Waals surface area contributed by atoms with Crippen molar-refractivity contribution in [2.24, 2.45) is 0 Å². The van der Waals surface area contributed by atoms with Crippen molar-refractivity contribution in [2.75, 3.05) is 0 Å². The van der Waals surface area contributed by atoms with Crippen molar-refractivity contribution in [1.82, 2.24) is 0 Å². The monoisotopic (exact) mass is 182 g/mol. The first-order valence-corrected chi connectivity index (χ1v) is 4.37. The van der Waals surface area contributed by atoms with Crippen molar-refractivity contribution in [2.45, 2.75) is 31.8 Å². The third kappa shape index (κ3) is 1.22. The van der Waals surface area contributed by atoms with Gasteiger partial charge in [-0.2, -0.15) is 0 Å². The van der Waals surface area contributed by atoms with Crippen molar-refractivity contribution in [3.8, 4) is 0 Å². The summed E-state index contributed by atoms with van der Waals surface area (Å²) in [7, 11) is 0. The van der Waals surface area contributed by atoms with E-state index < -0.39 is 11.9 Å². The Kier molecular flexibility index (Phi) is 1.83. The number of hydrogen-bond acceptors (Lipinski definition) is 3. The zero-order valence-electron chi connectivity index (χ0n) is 7.08. The SMILES string of the molecule is O=C(O)C1=C2CCCCC2OC1=O. The summed E-state index contributed by atoms with van der Waals surface area (Å²) in [4.78, 5) is 21.8. The second kappa shape index (κ2) is 2.87. The number of carbonyl (C=O) groups excluding carboxylic acids is 1. The Labute approximate surface area is 75.2 Å². The number of esters is 1. The van der Waals surface area contributed by atoms with Crippen LogP contribution in [0.3, 0.4) is 0 Å². The van der Waals surface area contributed by atoms with E-state index in [9.17, 15) is 9.59 Å². The lowest BCUT2D eigenvalue weighted by atomic mass is 9.90. The fraction of sp³-hybridized carbons (Fsp3) is 0.556. The van der Waals surface area contributed by atoms with Gasteiger partial charge in [0, 0.05) is 0 Å². The minimum absolute atomic E-state index is 0.121. The van der Waals surface area contributed by atoms with Crippen LogP contribution < -0.4 is 0 Å². The zero-order valence-corrected chi connectivity index (χ0v) is 7.08. The second-order valence-electron chi connectivity index (χ2n) is 3.35. The first kappa shape index (κ1) is 8.29. The number of ether oxygens (including phenoxy) is 1. The quantitative estimate of drug-likeness (QED) is 0.482. The Morgan fingerprint density at radius 2 is 2.23 bits per heavy atom. The van der Waals surface area contributed by atoms with Crippen LogP contribution in [0.15, 0.2) is 11.1 Å². The van der Waals surface area contributed by atoms with Crippen LogP contribution in [0.5, 0.6) is 0 Å². The fourth-order valence-electron chi connectivity index (χ4n) is 1.94. The highest BCUT2D eigenvalue weighted by Gasteiger charge is 2.38. The van der Waals surface area contributed by atoms with Gasteiger partial charge in [0.1, 0.15) is 11.7 Å². The molecule has 0 bridgehead atoms. The molecule has 0 aromatic heterocycles. The van der Waals surface area contributed by atoms with Gasteiger partial charge in [-0.15, -0.1) is 0 Å². The lowest BCUT2D eigenvalue weighted by Gasteiger charge is -2.18. The van der Waals surface area contributed by atoms with E-state index >= 15 is 0 Å². The second-order valence-corrected chi connectivity index (χ2v) is 3.35. The van der Waals surface area contributed by atoms with Crippen LogP contribution in [0.2, 0.25) is 0 Å². The van der Waals surface area contributed by atoms with Gasteiger partial charge in [0.05, 0.1) is 0 Å². The number of carboxylic acid groups (broad SMARTS) is 1. The van der Waals surface area contributed by atoms with Crippen LogP contribution in [-0.2, 0) is 14.3 Å². The van der Waals surface area contributed by atoms with Crippen LogP contribution in [0.25, 0.3) is 0 Å². The zero-order chi connectivity index (χ0) is 9.42. The standard InChI is InChI=1S/C9H10O4/c10-8(11)7-5-3-1-2-4-6(5)13-9(7)12/h6H,1-4H2,(H,10,11). The molecule has 1 heterocycles. The minimum atomic E-state index is -1.15. The van der Waals surface area contributed by atoms with E-state index in [2.05, 4.69) is 0 Å². The Morgan fingerprint density at radius 3 is 2.92 bits per heavy atom. The molecule has 0 amide bonds. The fourth-order valence-corrected chi connectivity index (χ4v) is 1.94. The summed E-state index contributed by atoms with van der Waals surface area (Å²) in [5.41, 5.74) is 0.577. The topological polar surface area (TPSA) is 63.6 Å². The molecule has 0 aromatic rings.